The van der Waals surface area contributed by atoms with E-state index in [0.29, 0.717) is 46.6 Å². The number of carbonyl (C=O) groups is 4. The van der Waals surface area contributed by atoms with E-state index < -0.39 is 52.4 Å². The molecule has 1 unspecified atom stereocenters. The smallest absolute Gasteiger partial charge is 0.408 e. The molecule has 0 aliphatic carbocycles. The Labute approximate surface area is 380 Å². The molecule has 3 N–H and O–H groups in total. The molecule has 9 rings (SSSR count). The van der Waals surface area contributed by atoms with Crippen LogP contribution in [0.25, 0.3) is 0 Å². The maximum Gasteiger partial charge on any atom is 0.408 e. The summed E-state index contributed by atoms with van der Waals surface area (Å²) in [5.41, 5.74) is 3.26. The van der Waals surface area contributed by atoms with Gasteiger partial charge in [0, 0.05) is 17.9 Å². The standard InChI is InChI=1S/C51H47N7O6S/c1-50(2,3)64-49(62)53-41-46(60)58-42(48(61)63-43(32-19-9-4-10-20-32)33-21-11-5-12-22-33)38(31-65-47(41)58)39(37-29-30-52-45(37)59)40(44-54-56-57-55-44)51(34-23-13-6-14-24-34,35-25-15-7-16-26-35)36-27-17-8-18-28-36/h4-28,40-41,43,47H,29-31H2,1-3H3,(H,52,59)(H,53,62)(H,54,55,56,57)/t40?,41-,47-/m1/s1. The first-order chi connectivity index (χ1) is 31.6. The van der Waals surface area contributed by atoms with Crippen LogP contribution < -0.4 is 10.6 Å². The van der Waals surface area contributed by atoms with Crippen LogP contribution in [0.3, 0.4) is 0 Å². The van der Waals surface area contributed by atoms with Crippen molar-refractivity contribution in [2.45, 2.75) is 61.6 Å². The van der Waals surface area contributed by atoms with Crippen LogP contribution in [-0.4, -0.2) is 78.7 Å². The van der Waals surface area contributed by atoms with Crippen molar-refractivity contribution in [1.82, 2.24) is 36.2 Å². The monoisotopic (exact) mass is 885 g/mol. The highest BCUT2D eigenvalue weighted by atomic mass is 32.2. The summed E-state index contributed by atoms with van der Waals surface area (Å²) in [6, 6.07) is 47.6. The number of amides is 3. The minimum Gasteiger partial charge on any atom is -0.448 e. The molecule has 14 heteroatoms. The molecule has 4 heterocycles. The molecule has 6 aromatic rings. The van der Waals surface area contributed by atoms with Crippen molar-refractivity contribution >= 4 is 35.6 Å². The normalized spacial score (nSPS) is 18.6. The number of allylic oxidation sites excluding steroid dienone is 1. The topological polar surface area (TPSA) is 169 Å². The molecule has 13 nitrogen and oxygen atoms in total. The molecular formula is C51H47N7O6S. The van der Waals surface area contributed by atoms with Crippen LogP contribution in [0.5, 0.6) is 0 Å². The van der Waals surface area contributed by atoms with Crippen molar-refractivity contribution in [2.24, 2.45) is 0 Å². The molecule has 3 aliphatic heterocycles. The van der Waals surface area contributed by atoms with E-state index in [4.69, 9.17) is 9.47 Å². The zero-order valence-electron chi connectivity index (χ0n) is 36.0. The molecule has 328 valence electrons. The van der Waals surface area contributed by atoms with Gasteiger partial charge in [0.25, 0.3) is 5.91 Å². The highest BCUT2D eigenvalue weighted by Crippen LogP contribution is 2.56. The summed E-state index contributed by atoms with van der Waals surface area (Å²) in [7, 11) is 0. The van der Waals surface area contributed by atoms with Crippen molar-refractivity contribution < 1.29 is 28.7 Å². The van der Waals surface area contributed by atoms with Gasteiger partial charge in [-0.05, 0) is 76.6 Å². The second-order valence-corrected chi connectivity index (χ2v) is 18.1. The number of nitrogens with zero attached hydrogens (tertiary/aromatic N) is 4. The number of hydrogen-bond donors (Lipinski definition) is 3. The van der Waals surface area contributed by atoms with Crippen LogP contribution in [-0.2, 0) is 29.3 Å². The molecule has 0 saturated carbocycles. The van der Waals surface area contributed by atoms with E-state index in [-0.39, 0.29) is 17.4 Å². The number of nitrogens with one attached hydrogen (secondary N) is 3. The minimum absolute atomic E-state index is 0.0411. The van der Waals surface area contributed by atoms with Gasteiger partial charge in [0.05, 0.1) is 11.3 Å². The van der Waals surface area contributed by atoms with Crippen LogP contribution in [0.2, 0.25) is 0 Å². The second kappa shape index (κ2) is 18.0. The SMILES string of the molecule is CC(C)(C)OC(=O)N[C@@H]1C(=O)N2C(C(=O)OC(c3ccccc3)c3ccccc3)=C(C(=C3CCNC3=O)C(c3nnn[nH]3)C(c3ccccc3)(c3ccccc3)c3ccccc3)CS[C@H]12. The van der Waals surface area contributed by atoms with E-state index >= 15 is 4.79 Å². The Morgan fingerprint density at radius 3 is 1.75 bits per heavy atom. The molecule has 1 aromatic heterocycles. The number of alkyl carbamates (subject to hydrolysis) is 1. The molecule has 0 spiro atoms. The van der Waals surface area contributed by atoms with E-state index in [1.807, 2.05) is 152 Å². The largest absolute Gasteiger partial charge is 0.448 e. The second-order valence-electron chi connectivity index (χ2n) is 17.0. The van der Waals surface area contributed by atoms with E-state index in [0.717, 1.165) is 16.7 Å². The number of thioether (sulfide) groups is 1. The fraction of sp³-hybridized carbons (Fsp3) is 0.235. The summed E-state index contributed by atoms with van der Waals surface area (Å²) in [5.74, 6) is -2.12. The summed E-state index contributed by atoms with van der Waals surface area (Å²) in [5, 5.41) is 21.0. The van der Waals surface area contributed by atoms with Crippen molar-refractivity contribution in [2.75, 3.05) is 12.3 Å². The Kier molecular flexibility index (Phi) is 11.9. The number of H-pyrrole nitrogens is 1. The molecule has 65 heavy (non-hydrogen) atoms. The lowest BCUT2D eigenvalue weighted by Gasteiger charge is -2.51. The molecule has 2 saturated heterocycles. The van der Waals surface area contributed by atoms with Crippen LogP contribution >= 0.6 is 11.8 Å². The fourth-order valence-corrected chi connectivity index (χ4v) is 10.6. The number of aromatic amines is 1. The van der Waals surface area contributed by atoms with Gasteiger partial charge in [-0.3, -0.25) is 14.5 Å². The fourth-order valence-electron chi connectivity index (χ4n) is 9.26. The molecule has 5 aromatic carbocycles. The Bertz CT molecular complexity index is 2610. The Morgan fingerprint density at radius 1 is 0.769 bits per heavy atom. The maximum absolute atomic E-state index is 15.6. The van der Waals surface area contributed by atoms with E-state index in [1.54, 1.807) is 20.8 Å². The molecular weight excluding hydrogens is 839 g/mol. The third-order valence-corrected chi connectivity index (χ3v) is 13.2. The predicted octanol–water partition coefficient (Wildman–Crippen LogP) is 7.53. The van der Waals surface area contributed by atoms with Gasteiger partial charge in [-0.1, -0.05) is 152 Å². The van der Waals surface area contributed by atoms with Gasteiger partial charge in [-0.15, -0.1) is 16.9 Å². The van der Waals surface area contributed by atoms with Crippen molar-refractivity contribution in [3.05, 3.63) is 208 Å². The number of rotatable bonds is 12. The first kappa shape index (κ1) is 43.0. The van der Waals surface area contributed by atoms with Gasteiger partial charge in [0.1, 0.15) is 22.7 Å². The summed E-state index contributed by atoms with van der Waals surface area (Å²) in [4.78, 5) is 59.4. The maximum atomic E-state index is 15.6. The Morgan fingerprint density at radius 2 is 1.29 bits per heavy atom. The zero-order valence-corrected chi connectivity index (χ0v) is 36.8. The summed E-state index contributed by atoms with van der Waals surface area (Å²) < 4.78 is 12.2. The number of tetrazole rings is 1. The van der Waals surface area contributed by atoms with Crippen molar-refractivity contribution in [1.29, 1.82) is 0 Å². The summed E-state index contributed by atoms with van der Waals surface area (Å²) in [6.45, 7) is 5.56. The molecule has 0 bridgehead atoms. The number of ether oxygens (including phenoxy) is 2. The number of esters is 1. The molecule has 3 aliphatic rings. The van der Waals surface area contributed by atoms with Gasteiger partial charge in [0.15, 0.2) is 11.9 Å². The van der Waals surface area contributed by atoms with E-state index in [2.05, 4.69) is 31.3 Å². The lowest BCUT2D eigenvalue weighted by atomic mass is 9.58. The number of aromatic nitrogens is 4. The van der Waals surface area contributed by atoms with Gasteiger partial charge >= 0.3 is 12.1 Å². The average Bonchev–Trinajstić information content (AvgIpc) is 4.03. The van der Waals surface area contributed by atoms with Gasteiger partial charge in [-0.2, -0.15) is 0 Å². The lowest BCUT2D eigenvalue weighted by Crippen LogP contribution is -2.71. The number of hydrogen-bond acceptors (Lipinski definition) is 10. The van der Waals surface area contributed by atoms with Gasteiger partial charge in [0.2, 0.25) is 5.91 Å². The zero-order chi connectivity index (χ0) is 45.1. The van der Waals surface area contributed by atoms with Gasteiger partial charge < -0.3 is 20.1 Å². The predicted molar refractivity (Wildman–Crippen MR) is 245 cm³/mol. The number of β-lactam (4-membered cyclic amide) rings is 1. The highest BCUT2D eigenvalue weighted by Gasteiger charge is 2.58. The number of carbonyl (C=O) groups excluding carboxylic acids is 4. The minimum atomic E-state index is -1.17. The number of benzene rings is 5. The van der Waals surface area contributed by atoms with Gasteiger partial charge in [-0.25, -0.2) is 14.7 Å². The van der Waals surface area contributed by atoms with Crippen LogP contribution in [0.1, 0.15) is 72.9 Å². The third-order valence-electron chi connectivity index (χ3n) is 11.9. The van der Waals surface area contributed by atoms with E-state index in [9.17, 15) is 14.4 Å². The highest BCUT2D eigenvalue weighted by molar-refractivity contribution is 8.00. The lowest BCUT2D eigenvalue weighted by molar-refractivity contribution is -0.153. The molecule has 2 fully saturated rings. The Balaban J connectivity index is 1.32. The van der Waals surface area contributed by atoms with Crippen molar-refractivity contribution in [3.63, 3.8) is 0 Å². The van der Waals surface area contributed by atoms with Crippen LogP contribution in [0.15, 0.2) is 174 Å². The summed E-state index contributed by atoms with van der Waals surface area (Å²) >= 11 is 1.37. The molecule has 3 atom stereocenters. The average molecular weight is 886 g/mol. The van der Waals surface area contributed by atoms with E-state index in [1.165, 1.54) is 16.7 Å². The first-order valence-electron chi connectivity index (χ1n) is 21.5. The first-order valence-corrected chi connectivity index (χ1v) is 22.5. The molecule has 3 amide bonds. The summed E-state index contributed by atoms with van der Waals surface area (Å²) in [6.07, 6.45) is -1.34. The third kappa shape index (κ3) is 8.21. The quantitative estimate of drug-likeness (QED) is 0.0484. The Hall–Kier alpha value is -7.32. The van der Waals surface area contributed by atoms with Crippen LogP contribution in [0, 0.1) is 0 Å². The number of fused-ring (bicyclic) bond motifs is 1. The molecule has 0 radical (unpaired) electrons. The van der Waals surface area contributed by atoms with Crippen LogP contribution in [0.4, 0.5) is 4.79 Å². The van der Waals surface area contributed by atoms with Crippen molar-refractivity contribution in [3.8, 4) is 0 Å².